The van der Waals surface area contributed by atoms with Gasteiger partial charge in [0.05, 0.1) is 22.7 Å². The lowest BCUT2D eigenvalue weighted by atomic mass is 10.2. The molecule has 0 saturated carbocycles. The molecule has 5 nitrogen and oxygen atoms in total. The third-order valence-electron chi connectivity index (χ3n) is 2.51. The maximum atomic E-state index is 12.1. The van der Waals surface area contributed by atoms with Crippen LogP contribution in [0.2, 0.25) is 0 Å². The summed E-state index contributed by atoms with van der Waals surface area (Å²) in [7, 11) is 0.749. The average Bonchev–Trinajstić information content (AvgIpc) is 2.45. The van der Waals surface area contributed by atoms with Gasteiger partial charge in [0.1, 0.15) is 16.6 Å². The third-order valence-corrected chi connectivity index (χ3v) is 4.48. The highest BCUT2D eigenvalue weighted by molar-refractivity contribution is 7.55. The summed E-state index contributed by atoms with van der Waals surface area (Å²) in [5, 5.41) is 1.23. The highest BCUT2D eigenvalue weighted by Gasteiger charge is 2.19. The van der Waals surface area contributed by atoms with Crippen molar-refractivity contribution in [1.29, 1.82) is 0 Å². The minimum Gasteiger partial charge on any atom is -0.480 e. The zero-order chi connectivity index (χ0) is 14.5. The Hall–Kier alpha value is -0.990. The second kappa shape index (κ2) is 7.14. The molecular weight excluding hydrogens is 298 g/mol. The summed E-state index contributed by atoms with van der Waals surface area (Å²) in [5.41, 5.74) is 0.0352. The molecule has 0 aliphatic rings. The maximum absolute atomic E-state index is 12.1. The van der Waals surface area contributed by atoms with Crippen LogP contribution in [0.1, 0.15) is 13.8 Å². The summed E-state index contributed by atoms with van der Waals surface area (Å²) in [6.45, 7) is 4.67. The zero-order valence-corrected chi connectivity index (χ0v) is 13.3. The summed E-state index contributed by atoms with van der Waals surface area (Å²) in [5.74, 6) is 0.607. The molecule has 0 aliphatic heterocycles. The molecule has 0 radical (unpaired) electrons. The molecule has 1 atom stereocenters. The highest BCUT2D eigenvalue weighted by atomic mass is 31.2. The standard InChI is InChI=1S/C13H16O5P2/c1-3-15-20(16-4-2)12-7-9-5-6-10(18-19)8-11(9)17-13(12)14/h5-8H,3-4,19H2,1-2H3. The Labute approximate surface area is 120 Å². The van der Waals surface area contributed by atoms with Gasteiger partial charge >= 0.3 is 5.63 Å². The van der Waals surface area contributed by atoms with Gasteiger partial charge in [-0.25, -0.2) is 4.79 Å². The van der Waals surface area contributed by atoms with Crippen LogP contribution in [-0.2, 0) is 9.05 Å². The minimum atomic E-state index is -1.40. The summed E-state index contributed by atoms with van der Waals surface area (Å²) in [6.07, 6.45) is 0. The van der Waals surface area contributed by atoms with Crippen molar-refractivity contribution >= 4 is 34.1 Å². The number of hydrogen-bond donors (Lipinski definition) is 0. The summed E-state index contributed by atoms with van der Waals surface area (Å²) in [4.78, 5) is 12.1. The number of hydrogen-bond acceptors (Lipinski definition) is 5. The lowest BCUT2D eigenvalue weighted by Crippen LogP contribution is -2.23. The van der Waals surface area contributed by atoms with Crippen LogP contribution in [0.5, 0.6) is 5.75 Å². The molecule has 1 aromatic heterocycles. The molecule has 2 rings (SSSR count). The van der Waals surface area contributed by atoms with E-state index in [0.717, 1.165) is 5.39 Å². The smallest absolute Gasteiger partial charge is 0.348 e. The Bertz CT molecular complexity index is 634. The van der Waals surface area contributed by atoms with Gasteiger partial charge in [0, 0.05) is 11.5 Å². The average molecular weight is 314 g/mol. The lowest BCUT2D eigenvalue weighted by molar-refractivity contribution is 0.277. The van der Waals surface area contributed by atoms with Gasteiger partial charge in [-0.1, -0.05) is 0 Å². The molecule has 2 aromatic rings. The van der Waals surface area contributed by atoms with Crippen molar-refractivity contribution in [1.82, 2.24) is 0 Å². The molecule has 0 fully saturated rings. The SMILES string of the molecule is CCOP(OCC)c1cc2ccc(OP)cc2oc1=O. The van der Waals surface area contributed by atoms with Crippen molar-refractivity contribution in [3.05, 3.63) is 34.7 Å². The van der Waals surface area contributed by atoms with E-state index in [-0.39, 0.29) is 0 Å². The first kappa shape index (κ1) is 15.4. The second-order valence-electron chi connectivity index (χ2n) is 3.83. The van der Waals surface area contributed by atoms with Gasteiger partial charge in [0.15, 0.2) is 0 Å². The molecule has 0 amide bonds. The van der Waals surface area contributed by atoms with Gasteiger partial charge in [-0.2, -0.15) is 0 Å². The number of rotatable bonds is 6. The van der Waals surface area contributed by atoms with Crippen LogP contribution in [0.25, 0.3) is 11.0 Å². The molecule has 20 heavy (non-hydrogen) atoms. The molecule has 1 unspecified atom stereocenters. The normalized spacial score (nSPS) is 11.2. The summed E-state index contributed by atoms with van der Waals surface area (Å²) < 4.78 is 21.3. The van der Waals surface area contributed by atoms with Crippen LogP contribution in [0, 0.1) is 0 Å². The van der Waals surface area contributed by atoms with E-state index < -0.39 is 14.0 Å². The first-order valence-electron chi connectivity index (χ1n) is 6.20. The Morgan fingerprint density at radius 3 is 2.50 bits per heavy atom. The van der Waals surface area contributed by atoms with Gasteiger partial charge < -0.3 is 18.0 Å². The van der Waals surface area contributed by atoms with Gasteiger partial charge in [0.2, 0.25) is 8.38 Å². The molecule has 108 valence electrons. The fraction of sp³-hybridized carbons (Fsp3) is 0.308. The van der Waals surface area contributed by atoms with Crippen molar-refractivity contribution in [3.63, 3.8) is 0 Å². The second-order valence-corrected chi connectivity index (χ2v) is 5.58. The Balaban J connectivity index is 2.48. The first-order chi connectivity index (χ1) is 9.69. The maximum Gasteiger partial charge on any atom is 0.348 e. The van der Waals surface area contributed by atoms with E-state index in [9.17, 15) is 4.79 Å². The van der Waals surface area contributed by atoms with E-state index in [1.165, 1.54) is 0 Å². The van der Waals surface area contributed by atoms with Crippen molar-refractivity contribution in [2.45, 2.75) is 13.8 Å². The summed E-state index contributed by atoms with van der Waals surface area (Å²) in [6, 6.07) is 7.04. The predicted molar refractivity (Wildman–Crippen MR) is 82.6 cm³/mol. The van der Waals surface area contributed by atoms with Crippen LogP contribution in [0.4, 0.5) is 0 Å². The van der Waals surface area contributed by atoms with Crippen molar-refractivity contribution < 1.29 is 18.0 Å². The predicted octanol–water partition coefficient (Wildman–Crippen LogP) is 2.97. The fourth-order valence-corrected chi connectivity index (χ4v) is 3.10. The minimum absolute atomic E-state index is 0.427. The van der Waals surface area contributed by atoms with Crippen molar-refractivity contribution in [2.24, 2.45) is 0 Å². The molecule has 0 saturated heterocycles. The molecule has 1 heterocycles. The van der Waals surface area contributed by atoms with Crippen LogP contribution in [-0.4, -0.2) is 13.2 Å². The fourth-order valence-electron chi connectivity index (χ4n) is 1.69. The van der Waals surface area contributed by atoms with E-state index in [1.807, 2.05) is 19.9 Å². The van der Waals surface area contributed by atoms with E-state index >= 15 is 0 Å². The molecule has 7 heteroatoms. The van der Waals surface area contributed by atoms with Crippen molar-refractivity contribution in [3.8, 4) is 5.75 Å². The Morgan fingerprint density at radius 2 is 1.90 bits per heavy atom. The molecule has 0 bridgehead atoms. The molecular formula is C13H16O5P2. The number of fused-ring (bicyclic) bond motifs is 1. The topological polar surface area (TPSA) is 57.9 Å². The van der Waals surface area contributed by atoms with Crippen LogP contribution in [0.15, 0.2) is 33.5 Å². The lowest BCUT2D eigenvalue weighted by Gasteiger charge is -2.14. The van der Waals surface area contributed by atoms with E-state index in [4.69, 9.17) is 18.0 Å². The first-order valence-corrected chi connectivity index (χ1v) is 7.85. The van der Waals surface area contributed by atoms with Gasteiger partial charge in [-0.3, -0.25) is 0 Å². The quantitative estimate of drug-likeness (QED) is 0.606. The largest absolute Gasteiger partial charge is 0.480 e. The van der Waals surface area contributed by atoms with Gasteiger partial charge in [-0.15, -0.1) is 0 Å². The molecule has 0 spiro atoms. The van der Waals surface area contributed by atoms with Crippen LogP contribution in [0.3, 0.4) is 0 Å². The van der Waals surface area contributed by atoms with Crippen molar-refractivity contribution in [2.75, 3.05) is 13.2 Å². The molecule has 0 N–H and O–H groups in total. The summed E-state index contributed by atoms with van der Waals surface area (Å²) >= 11 is 0. The van der Waals surface area contributed by atoms with Crippen LogP contribution >= 0.6 is 17.8 Å². The van der Waals surface area contributed by atoms with E-state index in [1.54, 1.807) is 18.2 Å². The highest BCUT2D eigenvalue weighted by Crippen LogP contribution is 2.36. The molecule has 0 aliphatic carbocycles. The molecule has 1 aromatic carbocycles. The van der Waals surface area contributed by atoms with E-state index in [2.05, 4.69) is 9.47 Å². The Kier molecular flexibility index (Phi) is 5.50. The van der Waals surface area contributed by atoms with Gasteiger partial charge in [-0.05, 0) is 32.0 Å². The van der Waals surface area contributed by atoms with Crippen LogP contribution < -0.4 is 15.5 Å². The van der Waals surface area contributed by atoms with Gasteiger partial charge in [0.25, 0.3) is 0 Å². The Morgan fingerprint density at radius 1 is 1.20 bits per heavy atom. The third kappa shape index (κ3) is 3.36. The number of benzene rings is 1. The monoisotopic (exact) mass is 314 g/mol. The van der Waals surface area contributed by atoms with E-state index in [0.29, 0.717) is 29.9 Å². The zero-order valence-electron chi connectivity index (χ0n) is 11.3.